The Morgan fingerprint density at radius 2 is 2.14 bits per heavy atom. The normalized spacial score (nSPS) is 18.4. The van der Waals surface area contributed by atoms with Crippen LogP contribution in [0.3, 0.4) is 0 Å². The van der Waals surface area contributed by atoms with Gasteiger partial charge in [0.25, 0.3) is 5.91 Å². The topological polar surface area (TPSA) is 59.1 Å². The number of rotatable bonds is 5. The van der Waals surface area contributed by atoms with Crippen LogP contribution in [0.4, 0.5) is 5.69 Å². The minimum absolute atomic E-state index is 0.0282. The van der Waals surface area contributed by atoms with Crippen molar-refractivity contribution in [1.29, 1.82) is 0 Å². The molecule has 2 aromatic carbocycles. The number of methoxy groups -OCH3 is 1. The molecule has 152 valence electrons. The highest BCUT2D eigenvalue weighted by atomic mass is 79.9. The summed E-state index contributed by atoms with van der Waals surface area (Å²) in [4.78, 5) is 29.0. The van der Waals surface area contributed by atoms with Crippen molar-refractivity contribution in [3.63, 3.8) is 0 Å². The quantitative estimate of drug-likeness (QED) is 0.688. The molecule has 0 aromatic heterocycles. The Kier molecular flexibility index (Phi) is 5.76. The smallest absolute Gasteiger partial charge is 0.265 e. The number of hydrogen-bond donors (Lipinski definition) is 0. The molecule has 1 unspecified atom stereocenters. The largest absolute Gasteiger partial charge is 0.497 e. The molecule has 0 saturated carbocycles. The number of amides is 2. The molecule has 0 spiro atoms. The molecule has 2 aliphatic rings. The van der Waals surface area contributed by atoms with E-state index in [0.717, 1.165) is 41.6 Å². The maximum absolute atomic E-state index is 13.1. The van der Waals surface area contributed by atoms with Gasteiger partial charge < -0.3 is 14.4 Å². The van der Waals surface area contributed by atoms with Gasteiger partial charge in [-0.2, -0.15) is 0 Å². The van der Waals surface area contributed by atoms with Gasteiger partial charge in [0.05, 0.1) is 12.8 Å². The fourth-order valence-corrected chi connectivity index (χ4v) is 4.37. The summed E-state index contributed by atoms with van der Waals surface area (Å²) < 4.78 is 11.7. The predicted molar refractivity (Wildman–Crippen MR) is 113 cm³/mol. The summed E-state index contributed by atoms with van der Waals surface area (Å²) in [5.41, 5.74) is 1.79. The van der Waals surface area contributed by atoms with Crippen LogP contribution >= 0.6 is 15.9 Å². The maximum Gasteiger partial charge on any atom is 0.265 e. The standard InChI is InChI=1S/C22H23BrN2O4/c1-28-18-6-2-4-15(11-18)10-17-5-3-9-24(17)21(26)13-25-19-8-7-16(23)12-20(19)29-14-22(25)27/h2,4,6-8,11-12,17H,3,5,9-10,13-14H2,1H3. The minimum Gasteiger partial charge on any atom is -0.497 e. The number of likely N-dealkylation sites (tertiary alicyclic amines) is 1. The van der Waals surface area contributed by atoms with Crippen molar-refractivity contribution in [2.24, 2.45) is 0 Å². The fourth-order valence-electron chi connectivity index (χ4n) is 4.03. The molecule has 4 rings (SSSR count). The molecule has 7 heteroatoms. The SMILES string of the molecule is COc1cccc(CC2CCCN2C(=O)CN2C(=O)COc3cc(Br)ccc32)c1. The number of hydrogen-bond acceptors (Lipinski definition) is 4. The van der Waals surface area contributed by atoms with Crippen molar-refractivity contribution >= 4 is 33.4 Å². The van der Waals surface area contributed by atoms with E-state index in [1.165, 1.54) is 4.90 Å². The van der Waals surface area contributed by atoms with Gasteiger partial charge in [-0.15, -0.1) is 0 Å². The average molecular weight is 459 g/mol. The van der Waals surface area contributed by atoms with Gasteiger partial charge in [0.1, 0.15) is 18.0 Å². The minimum atomic E-state index is -0.197. The van der Waals surface area contributed by atoms with Crippen LogP contribution < -0.4 is 14.4 Å². The lowest BCUT2D eigenvalue weighted by molar-refractivity contribution is -0.132. The van der Waals surface area contributed by atoms with Gasteiger partial charge in [0.15, 0.2) is 6.61 Å². The van der Waals surface area contributed by atoms with Gasteiger partial charge in [-0.25, -0.2) is 0 Å². The lowest BCUT2D eigenvalue weighted by atomic mass is 10.0. The molecule has 1 fully saturated rings. The van der Waals surface area contributed by atoms with Crippen LogP contribution in [0, 0.1) is 0 Å². The summed E-state index contributed by atoms with van der Waals surface area (Å²) in [6.45, 7) is 0.703. The zero-order valence-electron chi connectivity index (χ0n) is 16.3. The average Bonchev–Trinajstić information content (AvgIpc) is 3.18. The second-order valence-electron chi connectivity index (χ2n) is 7.32. The van der Waals surface area contributed by atoms with E-state index in [2.05, 4.69) is 22.0 Å². The molecule has 0 aliphatic carbocycles. The van der Waals surface area contributed by atoms with Gasteiger partial charge in [-0.05, 0) is 55.2 Å². The van der Waals surface area contributed by atoms with E-state index in [0.29, 0.717) is 11.4 Å². The Balaban J connectivity index is 1.48. The Hall–Kier alpha value is -2.54. The Bertz CT molecular complexity index is 933. The molecule has 2 amide bonds. The third-order valence-electron chi connectivity index (χ3n) is 5.46. The summed E-state index contributed by atoms with van der Waals surface area (Å²) in [6, 6.07) is 13.6. The highest BCUT2D eigenvalue weighted by molar-refractivity contribution is 9.10. The number of carbonyl (C=O) groups excluding carboxylic acids is 2. The second kappa shape index (κ2) is 8.45. The number of ether oxygens (including phenoxy) is 2. The second-order valence-corrected chi connectivity index (χ2v) is 8.24. The van der Waals surface area contributed by atoms with Gasteiger partial charge in [0.2, 0.25) is 5.91 Å². The van der Waals surface area contributed by atoms with E-state index in [4.69, 9.17) is 9.47 Å². The van der Waals surface area contributed by atoms with Crippen LogP contribution in [0.1, 0.15) is 18.4 Å². The van der Waals surface area contributed by atoms with Crippen molar-refractivity contribution in [1.82, 2.24) is 4.90 Å². The molecule has 2 aliphatic heterocycles. The van der Waals surface area contributed by atoms with Crippen LogP contribution in [0.25, 0.3) is 0 Å². The first-order valence-corrected chi connectivity index (χ1v) is 10.5. The van der Waals surface area contributed by atoms with Crippen molar-refractivity contribution in [2.45, 2.75) is 25.3 Å². The van der Waals surface area contributed by atoms with Gasteiger partial charge in [-0.1, -0.05) is 28.1 Å². The van der Waals surface area contributed by atoms with E-state index in [9.17, 15) is 9.59 Å². The van der Waals surface area contributed by atoms with Crippen molar-refractivity contribution in [2.75, 3.05) is 31.7 Å². The molecular weight excluding hydrogens is 436 g/mol. The van der Waals surface area contributed by atoms with Crippen LogP contribution in [0.15, 0.2) is 46.9 Å². The van der Waals surface area contributed by atoms with Gasteiger partial charge in [-0.3, -0.25) is 14.5 Å². The first kappa shape index (κ1) is 19.8. The molecule has 1 atom stereocenters. The summed E-state index contributed by atoms with van der Waals surface area (Å²) in [5, 5.41) is 0. The summed E-state index contributed by atoms with van der Waals surface area (Å²) in [5.74, 6) is 1.21. The molecule has 0 radical (unpaired) electrons. The lowest BCUT2D eigenvalue weighted by Crippen LogP contribution is -2.48. The zero-order chi connectivity index (χ0) is 20.4. The molecule has 0 N–H and O–H groups in total. The number of nitrogens with zero attached hydrogens (tertiary/aromatic N) is 2. The molecule has 2 aromatic rings. The van der Waals surface area contributed by atoms with Crippen LogP contribution in [0.5, 0.6) is 11.5 Å². The van der Waals surface area contributed by atoms with E-state index >= 15 is 0 Å². The van der Waals surface area contributed by atoms with Crippen LogP contribution in [-0.2, 0) is 16.0 Å². The van der Waals surface area contributed by atoms with Gasteiger partial charge in [0, 0.05) is 17.1 Å². The summed E-state index contributed by atoms with van der Waals surface area (Å²) in [6.07, 6.45) is 2.72. The monoisotopic (exact) mass is 458 g/mol. The fraction of sp³-hybridized carbons (Fsp3) is 0.364. The molecule has 0 bridgehead atoms. The summed E-state index contributed by atoms with van der Waals surface area (Å²) >= 11 is 3.41. The predicted octanol–water partition coefficient (Wildman–Crippen LogP) is 3.42. The zero-order valence-corrected chi connectivity index (χ0v) is 17.9. The first-order chi connectivity index (χ1) is 14.0. The Morgan fingerprint density at radius 1 is 1.28 bits per heavy atom. The van der Waals surface area contributed by atoms with E-state index < -0.39 is 0 Å². The van der Waals surface area contributed by atoms with Crippen LogP contribution in [-0.4, -0.2) is 49.6 Å². The van der Waals surface area contributed by atoms with E-state index in [1.54, 1.807) is 7.11 Å². The highest BCUT2D eigenvalue weighted by Crippen LogP contribution is 2.34. The molecular formula is C22H23BrN2O4. The lowest BCUT2D eigenvalue weighted by Gasteiger charge is -2.32. The Morgan fingerprint density at radius 3 is 2.97 bits per heavy atom. The van der Waals surface area contributed by atoms with E-state index in [1.807, 2.05) is 41.3 Å². The Labute approximate surface area is 178 Å². The first-order valence-electron chi connectivity index (χ1n) is 9.70. The van der Waals surface area contributed by atoms with Crippen LogP contribution in [0.2, 0.25) is 0 Å². The third-order valence-corrected chi connectivity index (χ3v) is 5.95. The van der Waals surface area contributed by atoms with Crippen molar-refractivity contribution in [3.8, 4) is 11.5 Å². The van der Waals surface area contributed by atoms with Crippen molar-refractivity contribution < 1.29 is 19.1 Å². The highest BCUT2D eigenvalue weighted by Gasteiger charge is 2.33. The number of fused-ring (bicyclic) bond motifs is 1. The molecule has 29 heavy (non-hydrogen) atoms. The molecule has 2 heterocycles. The molecule has 6 nitrogen and oxygen atoms in total. The summed E-state index contributed by atoms with van der Waals surface area (Å²) in [7, 11) is 1.65. The number of anilines is 1. The third kappa shape index (κ3) is 4.24. The van der Waals surface area contributed by atoms with Gasteiger partial charge >= 0.3 is 0 Å². The van der Waals surface area contributed by atoms with E-state index in [-0.39, 0.29) is 31.0 Å². The number of carbonyl (C=O) groups is 2. The number of halogens is 1. The molecule has 1 saturated heterocycles. The van der Waals surface area contributed by atoms with Crippen molar-refractivity contribution in [3.05, 3.63) is 52.5 Å². The number of benzene rings is 2. The maximum atomic E-state index is 13.1.